The standard InChI is InChI=1S/C15H23NO4/c1-6-20-14-9-12(7-8-13(14)19-5)10-16(17)15(2,3)11-18-4/h7-10H,6,11H2,1-5H3. The van der Waals surface area contributed by atoms with E-state index in [0.29, 0.717) is 24.7 Å². The van der Waals surface area contributed by atoms with Gasteiger partial charge in [0.05, 0.1) is 13.7 Å². The predicted molar refractivity (Wildman–Crippen MR) is 78.9 cm³/mol. The van der Waals surface area contributed by atoms with Crippen LogP contribution >= 0.6 is 0 Å². The Labute approximate surface area is 120 Å². The lowest BCUT2D eigenvalue weighted by Gasteiger charge is -2.23. The van der Waals surface area contributed by atoms with E-state index < -0.39 is 5.54 Å². The Morgan fingerprint density at radius 2 is 1.95 bits per heavy atom. The molecule has 1 rings (SSSR count). The normalized spacial score (nSPS) is 12.3. The summed E-state index contributed by atoms with van der Waals surface area (Å²) >= 11 is 0. The van der Waals surface area contributed by atoms with Crippen molar-refractivity contribution >= 4 is 6.21 Å². The second-order valence-corrected chi connectivity index (χ2v) is 5.04. The summed E-state index contributed by atoms with van der Waals surface area (Å²) < 4.78 is 16.7. The van der Waals surface area contributed by atoms with Crippen LogP contribution < -0.4 is 9.47 Å². The number of methoxy groups -OCH3 is 2. The largest absolute Gasteiger partial charge is 0.623 e. The van der Waals surface area contributed by atoms with Crippen molar-refractivity contribution < 1.29 is 18.9 Å². The zero-order valence-corrected chi connectivity index (χ0v) is 12.8. The molecule has 1 aromatic rings. The highest BCUT2D eigenvalue weighted by molar-refractivity contribution is 5.77. The fourth-order valence-corrected chi connectivity index (χ4v) is 1.77. The monoisotopic (exact) mass is 281 g/mol. The summed E-state index contributed by atoms with van der Waals surface area (Å²) in [6, 6.07) is 5.39. The molecular formula is C15H23NO4. The third-order valence-corrected chi connectivity index (χ3v) is 2.85. The molecule has 0 aliphatic rings. The maximum Gasteiger partial charge on any atom is 0.190 e. The van der Waals surface area contributed by atoms with E-state index in [-0.39, 0.29) is 0 Å². The summed E-state index contributed by atoms with van der Waals surface area (Å²) in [6.07, 6.45) is 1.53. The van der Waals surface area contributed by atoms with Gasteiger partial charge in [-0.1, -0.05) is 0 Å². The van der Waals surface area contributed by atoms with Gasteiger partial charge in [0.2, 0.25) is 0 Å². The van der Waals surface area contributed by atoms with Crippen molar-refractivity contribution in [1.82, 2.24) is 0 Å². The number of ether oxygens (including phenoxy) is 3. The molecule has 0 radical (unpaired) electrons. The molecule has 20 heavy (non-hydrogen) atoms. The molecule has 1 aromatic carbocycles. The molecule has 0 aliphatic carbocycles. The zero-order valence-electron chi connectivity index (χ0n) is 12.8. The van der Waals surface area contributed by atoms with Crippen molar-refractivity contribution in [3.63, 3.8) is 0 Å². The first-order chi connectivity index (χ1) is 9.44. The van der Waals surface area contributed by atoms with E-state index in [1.807, 2.05) is 26.8 Å². The minimum Gasteiger partial charge on any atom is -0.623 e. The topological polar surface area (TPSA) is 53.8 Å². The van der Waals surface area contributed by atoms with Crippen molar-refractivity contribution in [3.8, 4) is 11.5 Å². The highest BCUT2D eigenvalue weighted by atomic mass is 16.5. The SMILES string of the molecule is CCOc1cc(C=[N+]([O-])C(C)(C)COC)ccc1OC. The van der Waals surface area contributed by atoms with Crippen LogP contribution in [0.15, 0.2) is 18.2 Å². The molecule has 112 valence electrons. The highest BCUT2D eigenvalue weighted by Gasteiger charge is 2.26. The molecule has 0 spiro atoms. The lowest BCUT2D eigenvalue weighted by atomic mass is 10.1. The van der Waals surface area contributed by atoms with Crippen LogP contribution in [0.25, 0.3) is 0 Å². The van der Waals surface area contributed by atoms with Crippen molar-refractivity contribution in [1.29, 1.82) is 0 Å². The molecule has 0 bridgehead atoms. The highest BCUT2D eigenvalue weighted by Crippen LogP contribution is 2.27. The quantitative estimate of drug-likeness (QED) is 0.333. The number of rotatable bonds is 7. The zero-order chi connectivity index (χ0) is 15.2. The molecule has 0 aliphatic heterocycles. The average molecular weight is 281 g/mol. The van der Waals surface area contributed by atoms with E-state index in [1.165, 1.54) is 6.21 Å². The summed E-state index contributed by atoms with van der Waals surface area (Å²) in [5.41, 5.74) is 0.133. The molecule has 0 heterocycles. The Bertz CT molecular complexity index is 469. The molecule has 0 atom stereocenters. The van der Waals surface area contributed by atoms with Crippen LogP contribution in [-0.4, -0.2) is 43.9 Å². The van der Waals surface area contributed by atoms with Gasteiger partial charge in [0, 0.05) is 26.5 Å². The Morgan fingerprint density at radius 1 is 1.25 bits per heavy atom. The van der Waals surface area contributed by atoms with Crippen LogP contribution in [0, 0.1) is 5.21 Å². The number of nitrogens with zero attached hydrogens (tertiary/aromatic N) is 1. The summed E-state index contributed by atoms with van der Waals surface area (Å²) in [5, 5.41) is 12.2. The number of benzene rings is 1. The minimum atomic E-state index is -0.625. The first-order valence-corrected chi connectivity index (χ1v) is 6.55. The summed E-state index contributed by atoms with van der Waals surface area (Å²) in [6.45, 7) is 6.44. The van der Waals surface area contributed by atoms with Crippen LogP contribution in [0.1, 0.15) is 26.3 Å². The maximum absolute atomic E-state index is 12.2. The number of hydroxylamine groups is 1. The molecule has 0 unspecified atom stereocenters. The summed E-state index contributed by atoms with van der Waals surface area (Å²) in [5.74, 6) is 1.28. The van der Waals surface area contributed by atoms with E-state index in [0.717, 1.165) is 10.3 Å². The molecule has 5 heteroatoms. The fourth-order valence-electron chi connectivity index (χ4n) is 1.77. The van der Waals surface area contributed by atoms with Crippen molar-refractivity contribution in [3.05, 3.63) is 29.0 Å². The minimum absolute atomic E-state index is 0.349. The van der Waals surface area contributed by atoms with E-state index in [9.17, 15) is 5.21 Å². The molecule has 0 saturated heterocycles. The smallest absolute Gasteiger partial charge is 0.190 e. The number of hydrogen-bond donors (Lipinski definition) is 0. The lowest BCUT2D eigenvalue weighted by Crippen LogP contribution is -2.38. The third-order valence-electron chi connectivity index (χ3n) is 2.85. The third kappa shape index (κ3) is 4.13. The molecular weight excluding hydrogens is 258 g/mol. The van der Waals surface area contributed by atoms with Gasteiger partial charge in [-0.2, -0.15) is 0 Å². The Morgan fingerprint density at radius 3 is 2.50 bits per heavy atom. The van der Waals surface area contributed by atoms with Gasteiger partial charge in [-0.25, -0.2) is 4.74 Å². The van der Waals surface area contributed by atoms with Crippen molar-refractivity contribution in [2.45, 2.75) is 26.3 Å². The van der Waals surface area contributed by atoms with E-state index in [2.05, 4.69) is 0 Å². The molecule has 0 N–H and O–H groups in total. The lowest BCUT2D eigenvalue weighted by molar-refractivity contribution is -0.540. The molecule has 5 nitrogen and oxygen atoms in total. The summed E-state index contributed by atoms with van der Waals surface area (Å²) in [7, 11) is 3.17. The van der Waals surface area contributed by atoms with Gasteiger partial charge in [-0.05, 0) is 25.1 Å². The van der Waals surface area contributed by atoms with Crippen LogP contribution in [0.4, 0.5) is 0 Å². The van der Waals surface area contributed by atoms with Gasteiger partial charge in [-0.15, -0.1) is 0 Å². The van der Waals surface area contributed by atoms with Gasteiger partial charge in [0.25, 0.3) is 0 Å². The molecule has 0 saturated carbocycles. The molecule has 0 fully saturated rings. The van der Waals surface area contributed by atoms with Crippen LogP contribution in [0.5, 0.6) is 11.5 Å². The van der Waals surface area contributed by atoms with E-state index >= 15 is 0 Å². The Kier molecular flexibility index (Phi) is 5.82. The second-order valence-electron chi connectivity index (χ2n) is 5.04. The van der Waals surface area contributed by atoms with Crippen LogP contribution in [0.3, 0.4) is 0 Å². The van der Waals surface area contributed by atoms with E-state index in [1.54, 1.807) is 26.4 Å². The Hall–Kier alpha value is -1.75. The fraction of sp³-hybridized carbons (Fsp3) is 0.533. The van der Waals surface area contributed by atoms with Crippen molar-refractivity contribution in [2.75, 3.05) is 27.4 Å². The van der Waals surface area contributed by atoms with Gasteiger partial charge >= 0.3 is 0 Å². The Balaban J connectivity index is 3.05. The van der Waals surface area contributed by atoms with Gasteiger partial charge < -0.3 is 19.4 Å². The van der Waals surface area contributed by atoms with Crippen molar-refractivity contribution in [2.24, 2.45) is 0 Å². The van der Waals surface area contributed by atoms with Gasteiger partial charge in [0.15, 0.2) is 23.3 Å². The van der Waals surface area contributed by atoms with Crippen LogP contribution in [-0.2, 0) is 4.74 Å². The van der Waals surface area contributed by atoms with Crippen LogP contribution in [0.2, 0.25) is 0 Å². The van der Waals surface area contributed by atoms with Gasteiger partial charge in [-0.3, -0.25) is 0 Å². The molecule has 0 amide bonds. The first-order valence-electron chi connectivity index (χ1n) is 6.55. The number of hydrogen-bond acceptors (Lipinski definition) is 4. The predicted octanol–water partition coefficient (Wildman–Crippen LogP) is 2.45. The average Bonchev–Trinajstić information content (AvgIpc) is 2.39. The summed E-state index contributed by atoms with van der Waals surface area (Å²) in [4.78, 5) is 0. The maximum atomic E-state index is 12.2. The molecule has 0 aromatic heterocycles. The van der Waals surface area contributed by atoms with Gasteiger partial charge in [0.1, 0.15) is 6.61 Å². The second kappa shape index (κ2) is 7.14. The first kappa shape index (κ1) is 16.3. The van der Waals surface area contributed by atoms with E-state index in [4.69, 9.17) is 14.2 Å².